The molecule has 7 heteroatoms. The fourth-order valence-electron chi connectivity index (χ4n) is 3.62. The second kappa shape index (κ2) is 9.28. The number of pyridine rings is 1. The third-order valence-electron chi connectivity index (χ3n) is 5.22. The Labute approximate surface area is 164 Å². The van der Waals surface area contributed by atoms with Crippen LogP contribution in [0.5, 0.6) is 0 Å². The van der Waals surface area contributed by atoms with E-state index in [1.165, 1.54) is 21.9 Å². The Kier molecular flexibility index (Phi) is 6.79. The number of aromatic nitrogens is 2. The molecule has 0 saturated heterocycles. The Morgan fingerprint density at radius 1 is 1.30 bits per heavy atom. The van der Waals surface area contributed by atoms with Crippen molar-refractivity contribution >= 4 is 17.2 Å². The number of carbonyl (C=O) groups is 1. The van der Waals surface area contributed by atoms with Crippen molar-refractivity contribution in [2.75, 3.05) is 6.54 Å². The SMILES string of the molecule is Cc1nc(CNCC2CCCCC2NC(=O)Cn2ccccc2=O)sc1C. The minimum absolute atomic E-state index is 0.0774. The van der Waals surface area contributed by atoms with Crippen LogP contribution in [0.2, 0.25) is 0 Å². The van der Waals surface area contributed by atoms with Gasteiger partial charge in [0, 0.05) is 36.3 Å². The lowest BCUT2D eigenvalue weighted by Gasteiger charge is -2.32. The van der Waals surface area contributed by atoms with E-state index in [2.05, 4.69) is 22.5 Å². The van der Waals surface area contributed by atoms with E-state index in [0.29, 0.717) is 5.92 Å². The highest BCUT2D eigenvalue weighted by atomic mass is 32.1. The van der Waals surface area contributed by atoms with Crippen molar-refractivity contribution in [2.24, 2.45) is 5.92 Å². The van der Waals surface area contributed by atoms with Crippen LogP contribution in [0.25, 0.3) is 0 Å². The summed E-state index contributed by atoms with van der Waals surface area (Å²) in [5.74, 6) is 0.323. The van der Waals surface area contributed by atoms with Crippen LogP contribution >= 0.6 is 11.3 Å². The van der Waals surface area contributed by atoms with E-state index in [-0.39, 0.29) is 24.1 Å². The van der Waals surface area contributed by atoms with Crippen molar-refractivity contribution in [1.29, 1.82) is 0 Å². The first-order chi connectivity index (χ1) is 13.0. The molecule has 0 spiro atoms. The van der Waals surface area contributed by atoms with E-state index < -0.39 is 0 Å². The van der Waals surface area contributed by atoms with Crippen LogP contribution in [0, 0.1) is 19.8 Å². The van der Waals surface area contributed by atoms with Gasteiger partial charge in [-0.2, -0.15) is 0 Å². The second-order valence-electron chi connectivity index (χ2n) is 7.27. The van der Waals surface area contributed by atoms with Gasteiger partial charge in [-0.05, 0) is 38.7 Å². The highest BCUT2D eigenvalue weighted by molar-refractivity contribution is 7.11. The summed E-state index contributed by atoms with van der Waals surface area (Å²) >= 11 is 1.74. The van der Waals surface area contributed by atoms with Gasteiger partial charge in [-0.25, -0.2) is 4.98 Å². The summed E-state index contributed by atoms with van der Waals surface area (Å²) in [5.41, 5.74) is 0.958. The standard InChI is InChI=1S/C20H28N4O2S/c1-14-15(2)27-19(22-14)12-21-11-16-7-3-4-8-17(16)23-18(25)13-24-10-6-5-9-20(24)26/h5-6,9-10,16-17,21H,3-4,7-8,11-13H2,1-2H3,(H,23,25). The number of nitrogens with zero attached hydrogens (tertiary/aromatic N) is 2. The summed E-state index contributed by atoms with van der Waals surface area (Å²) in [6.45, 7) is 5.86. The third kappa shape index (κ3) is 5.49. The van der Waals surface area contributed by atoms with Crippen LogP contribution in [-0.4, -0.2) is 28.0 Å². The van der Waals surface area contributed by atoms with Crippen molar-refractivity contribution in [1.82, 2.24) is 20.2 Å². The molecule has 0 aliphatic heterocycles. The van der Waals surface area contributed by atoms with Crippen LogP contribution in [-0.2, 0) is 17.9 Å². The van der Waals surface area contributed by atoms with E-state index in [1.807, 2.05) is 6.92 Å². The van der Waals surface area contributed by atoms with Crippen molar-refractivity contribution < 1.29 is 4.79 Å². The van der Waals surface area contributed by atoms with Gasteiger partial charge in [0.05, 0.1) is 5.69 Å². The van der Waals surface area contributed by atoms with Gasteiger partial charge in [0.25, 0.3) is 5.56 Å². The van der Waals surface area contributed by atoms with E-state index in [0.717, 1.165) is 43.1 Å². The molecule has 2 atom stereocenters. The lowest BCUT2D eigenvalue weighted by atomic mass is 9.84. The van der Waals surface area contributed by atoms with Gasteiger partial charge in [0.15, 0.2) is 0 Å². The Bertz CT molecular complexity index is 810. The molecule has 2 aromatic rings. The molecule has 1 aliphatic carbocycles. The number of thiazole rings is 1. The molecule has 0 radical (unpaired) electrons. The quantitative estimate of drug-likeness (QED) is 0.764. The highest BCUT2D eigenvalue weighted by Gasteiger charge is 2.26. The Hall–Kier alpha value is -1.99. The van der Waals surface area contributed by atoms with Gasteiger partial charge in [0.2, 0.25) is 5.91 Å². The lowest BCUT2D eigenvalue weighted by molar-refractivity contribution is -0.123. The first kappa shape index (κ1) is 19.8. The van der Waals surface area contributed by atoms with Crippen LogP contribution in [0.1, 0.15) is 41.3 Å². The van der Waals surface area contributed by atoms with Gasteiger partial charge < -0.3 is 15.2 Å². The molecule has 0 aromatic carbocycles. The average Bonchev–Trinajstić information content (AvgIpc) is 2.96. The zero-order valence-electron chi connectivity index (χ0n) is 16.0. The summed E-state index contributed by atoms with van der Waals surface area (Å²) in [6.07, 6.45) is 6.10. The topological polar surface area (TPSA) is 76.0 Å². The average molecular weight is 389 g/mol. The minimum Gasteiger partial charge on any atom is -0.351 e. The first-order valence-electron chi connectivity index (χ1n) is 9.61. The Morgan fingerprint density at radius 2 is 2.11 bits per heavy atom. The number of carbonyl (C=O) groups excluding carboxylic acids is 1. The van der Waals surface area contributed by atoms with Crippen molar-refractivity contribution in [3.8, 4) is 0 Å². The number of hydrogen-bond acceptors (Lipinski definition) is 5. The molecule has 2 heterocycles. The monoisotopic (exact) mass is 388 g/mol. The van der Waals surface area contributed by atoms with Crippen LogP contribution in [0.15, 0.2) is 29.2 Å². The molecule has 2 unspecified atom stereocenters. The predicted molar refractivity (Wildman–Crippen MR) is 108 cm³/mol. The molecule has 0 bridgehead atoms. The molecular weight excluding hydrogens is 360 g/mol. The van der Waals surface area contributed by atoms with E-state index in [1.54, 1.807) is 29.7 Å². The number of nitrogens with one attached hydrogen (secondary N) is 2. The maximum atomic E-state index is 12.4. The number of hydrogen-bond donors (Lipinski definition) is 2. The minimum atomic E-state index is -0.149. The second-order valence-corrected chi connectivity index (χ2v) is 8.55. The maximum Gasteiger partial charge on any atom is 0.250 e. The molecule has 1 aliphatic rings. The number of amides is 1. The number of aryl methyl sites for hydroxylation is 2. The largest absolute Gasteiger partial charge is 0.351 e. The van der Waals surface area contributed by atoms with Crippen molar-refractivity contribution in [3.63, 3.8) is 0 Å². The van der Waals surface area contributed by atoms with E-state index in [9.17, 15) is 9.59 Å². The zero-order valence-corrected chi connectivity index (χ0v) is 16.8. The zero-order chi connectivity index (χ0) is 19.2. The van der Waals surface area contributed by atoms with Gasteiger partial charge in [-0.1, -0.05) is 18.9 Å². The van der Waals surface area contributed by atoms with E-state index in [4.69, 9.17) is 0 Å². The third-order valence-corrected chi connectivity index (χ3v) is 6.30. The van der Waals surface area contributed by atoms with Gasteiger partial charge in [-0.15, -0.1) is 11.3 Å². The molecular formula is C20H28N4O2S. The normalized spacial score (nSPS) is 19.8. The van der Waals surface area contributed by atoms with Crippen molar-refractivity contribution in [3.05, 3.63) is 50.3 Å². The molecule has 3 rings (SSSR count). The van der Waals surface area contributed by atoms with E-state index >= 15 is 0 Å². The van der Waals surface area contributed by atoms with Gasteiger partial charge in [0.1, 0.15) is 11.6 Å². The highest BCUT2D eigenvalue weighted by Crippen LogP contribution is 2.24. The molecule has 2 N–H and O–H groups in total. The summed E-state index contributed by atoms with van der Waals surface area (Å²) in [7, 11) is 0. The summed E-state index contributed by atoms with van der Waals surface area (Å²) in [5, 5.41) is 7.79. The van der Waals surface area contributed by atoms with Crippen LogP contribution < -0.4 is 16.2 Å². The first-order valence-corrected chi connectivity index (χ1v) is 10.4. The number of rotatable bonds is 7. The fourth-order valence-corrected chi connectivity index (χ4v) is 4.52. The molecule has 2 aromatic heterocycles. The Morgan fingerprint density at radius 3 is 2.85 bits per heavy atom. The molecule has 1 saturated carbocycles. The smallest absolute Gasteiger partial charge is 0.250 e. The molecule has 6 nitrogen and oxygen atoms in total. The summed E-state index contributed by atoms with van der Waals surface area (Å²) in [4.78, 5) is 30.0. The van der Waals surface area contributed by atoms with Crippen LogP contribution in [0.3, 0.4) is 0 Å². The lowest BCUT2D eigenvalue weighted by Crippen LogP contribution is -2.47. The predicted octanol–water partition coefficient (Wildman–Crippen LogP) is 2.39. The Balaban J connectivity index is 1.51. The van der Waals surface area contributed by atoms with Gasteiger partial charge >= 0.3 is 0 Å². The van der Waals surface area contributed by atoms with Crippen LogP contribution in [0.4, 0.5) is 0 Å². The molecule has 1 fully saturated rings. The molecule has 27 heavy (non-hydrogen) atoms. The van der Waals surface area contributed by atoms with Crippen molar-refractivity contribution in [2.45, 2.75) is 58.7 Å². The molecule has 146 valence electrons. The maximum absolute atomic E-state index is 12.4. The summed E-state index contributed by atoms with van der Waals surface area (Å²) in [6, 6.07) is 5.09. The summed E-state index contributed by atoms with van der Waals surface area (Å²) < 4.78 is 1.44. The fraction of sp³-hybridized carbons (Fsp3) is 0.550. The molecule has 1 amide bonds. The van der Waals surface area contributed by atoms with Gasteiger partial charge in [-0.3, -0.25) is 9.59 Å².